The molecule has 202 valence electrons. The van der Waals surface area contributed by atoms with E-state index < -0.39 is 29.4 Å². The second-order valence-corrected chi connectivity index (χ2v) is 11.1. The Morgan fingerprint density at radius 1 is 1.05 bits per heavy atom. The van der Waals surface area contributed by atoms with Gasteiger partial charge in [0.05, 0.1) is 0 Å². The van der Waals surface area contributed by atoms with Crippen LogP contribution in [0.5, 0.6) is 5.75 Å². The first-order chi connectivity index (χ1) is 17.8. The van der Waals surface area contributed by atoms with Crippen molar-refractivity contribution in [3.05, 3.63) is 42.3 Å². The largest absolute Gasteiger partial charge is 0.508 e. The van der Waals surface area contributed by atoms with E-state index >= 15 is 0 Å². The summed E-state index contributed by atoms with van der Waals surface area (Å²) in [6.07, 6.45) is -0.214. The first-order valence-electron chi connectivity index (χ1n) is 12.4. The van der Waals surface area contributed by atoms with Gasteiger partial charge in [0.2, 0.25) is 17.7 Å². The number of hydrogen-bond donors (Lipinski definition) is 2. The van der Waals surface area contributed by atoms with Gasteiger partial charge in [0.1, 0.15) is 23.0 Å². The van der Waals surface area contributed by atoms with Crippen LogP contribution in [0.2, 0.25) is 0 Å². The quantitative estimate of drug-likeness (QED) is 0.327. The number of carbonyl (C=O) groups excluding carboxylic acids is 2. The lowest BCUT2D eigenvalue weighted by atomic mass is 10.1. The smallest absolute Gasteiger partial charge is 0.437 e. The van der Waals surface area contributed by atoms with Crippen LogP contribution in [0.15, 0.2) is 45.9 Å². The molecule has 1 aromatic heterocycles. The van der Waals surface area contributed by atoms with Gasteiger partial charge in [-0.15, -0.1) is 4.99 Å². The lowest BCUT2D eigenvalue weighted by Gasteiger charge is -2.27. The molecular weight excluding hydrogens is 490 g/mol. The van der Waals surface area contributed by atoms with Crippen LogP contribution in [0.3, 0.4) is 0 Å². The van der Waals surface area contributed by atoms with Gasteiger partial charge in [-0.3, -0.25) is 5.32 Å². The number of likely N-dealkylation sites (tertiary alicyclic amines) is 1. The summed E-state index contributed by atoms with van der Waals surface area (Å²) >= 11 is 0. The van der Waals surface area contributed by atoms with Gasteiger partial charge >= 0.3 is 12.2 Å². The summed E-state index contributed by atoms with van der Waals surface area (Å²) in [5.74, 6) is 0.900. The average Bonchev–Trinajstić information content (AvgIpc) is 3.45. The van der Waals surface area contributed by atoms with Crippen LogP contribution >= 0.6 is 0 Å². The Morgan fingerprint density at radius 2 is 1.74 bits per heavy atom. The Labute approximate surface area is 220 Å². The maximum atomic E-state index is 12.6. The fourth-order valence-electron chi connectivity index (χ4n) is 4.07. The molecular formula is C27H33N5O6. The van der Waals surface area contributed by atoms with E-state index in [0.29, 0.717) is 24.7 Å². The summed E-state index contributed by atoms with van der Waals surface area (Å²) in [6, 6.07) is 10.3. The number of phenolic OH excluding ortho intramolecular Hbond substituents is 1. The number of carbonyl (C=O) groups is 2. The number of nitrogens with one attached hydrogen (secondary N) is 1. The number of guanidine groups is 1. The number of phenols is 1. The topological polar surface area (TPSA) is 139 Å². The molecule has 1 atom stereocenters. The summed E-state index contributed by atoms with van der Waals surface area (Å²) in [5, 5.41) is 18.3. The first-order valence-corrected chi connectivity index (χ1v) is 12.4. The lowest BCUT2D eigenvalue weighted by Crippen LogP contribution is -2.46. The van der Waals surface area contributed by atoms with Crippen LogP contribution in [-0.2, 0) is 9.47 Å². The third-order valence-electron chi connectivity index (χ3n) is 5.54. The minimum absolute atomic E-state index is 0.0127. The number of rotatable bonds is 2. The number of amides is 2. The predicted molar refractivity (Wildman–Crippen MR) is 141 cm³/mol. The number of hydrogen-bond acceptors (Lipinski definition) is 8. The highest BCUT2D eigenvalue weighted by atomic mass is 16.6. The number of benzene rings is 2. The monoisotopic (exact) mass is 523 g/mol. The molecule has 0 radical (unpaired) electrons. The Bertz CT molecular complexity index is 1370. The predicted octanol–water partition coefficient (Wildman–Crippen LogP) is 5.55. The van der Waals surface area contributed by atoms with Gasteiger partial charge in [0.25, 0.3) is 0 Å². The standard InChI is InChI=1S/C27H33N5O6/c1-26(2,3)36-24(34)29-23(30-25(35)37-27(4,5)6)32-13-7-8-20(32)22-28-21(31-38-22)18-10-9-17-15-19(33)12-11-16(17)14-18/h9-12,14-15,20,33H,7-8,13H2,1-6H3,(H,29,30,34,35)/t20-/m0/s1. The van der Waals surface area contributed by atoms with Gasteiger partial charge in [0.15, 0.2) is 0 Å². The third kappa shape index (κ3) is 6.78. The molecule has 0 aliphatic carbocycles. The minimum atomic E-state index is -0.845. The van der Waals surface area contributed by atoms with E-state index in [9.17, 15) is 14.7 Å². The van der Waals surface area contributed by atoms with Crippen molar-refractivity contribution in [3.8, 4) is 17.1 Å². The molecule has 2 heterocycles. The van der Waals surface area contributed by atoms with Crippen molar-refractivity contribution in [2.24, 2.45) is 4.99 Å². The van der Waals surface area contributed by atoms with Crippen molar-refractivity contribution in [2.45, 2.75) is 71.6 Å². The van der Waals surface area contributed by atoms with Crippen LogP contribution in [0.4, 0.5) is 9.59 Å². The van der Waals surface area contributed by atoms with Crippen molar-refractivity contribution in [3.63, 3.8) is 0 Å². The molecule has 0 bridgehead atoms. The number of aromatic nitrogens is 2. The van der Waals surface area contributed by atoms with Gasteiger partial charge in [-0.05, 0) is 83.4 Å². The lowest BCUT2D eigenvalue weighted by molar-refractivity contribution is 0.0553. The number of fused-ring (bicyclic) bond motifs is 1. The second-order valence-electron chi connectivity index (χ2n) is 11.1. The molecule has 4 rings (SSSR count). The van der Waals surface area contributed by atoms with Crippen LogP contribution in [0.25, 0.3) is 22.2 Å². The fraction of sp³-hybridized carbons (Fsp3) is 0.444. The highest BCUT2D eigenvalue weighted by molar-refractivity contribution is 5.99. The number of nitrogens with zero attached hydrogens (tertiary/aromatic N) is 4. The molecule has 2 N–H and O–H groups in total. The SMILES string of the molecule is CC(C)(C)OC(=O)/N=C(/NC(=O)OC(C)(C)C)N1CCC[C@H]1c1nc(-c2ccc3cc(O)ccc3c2)no1. The van der Waals surface area contributed by atoms with E-state index in [0.717, 1.165) is 22.8 Å². The summed E-state index contributed by atoms with van der Waals surface area (Å²) < 4.78 is 16.4. The van der Waals surface area contributed by atoms with Crippen LogP contribution in [0, 0.1) is 0 Å². The molecule has 0 saturated carbocycles. The van der Waals surface area contributed by atoms with E-state index in [1.807, 2.05) is 24.3 Å². The molecule has 2 aromatic carbocycles. The minimum Gasteiger partial charge on any atom is -0.508 e. The Hall–Kier alpha value is -4.15. The van der Waals surface area contributed by atoms with Crippen LogP contribution in [-0.4, -0.2) is 56.0 Å². The molecule has 2 amide bonds. The third-order valence-corrected chi connectivity index (χ3v) is 5.54. The van der Waals surface area contributed by atoms with Crippen molar-refractivity contribution in [2.75, 3.05) is 6.54 Å². The second kappa shape index (κ2) is 10.3. The van der Waals surface area contributed by atoms with E-state index in [4.69, 9.17) is 14.0 Å². The van der Waals surface area contributed by atoms with Gasteiger partial charge in [-0.2, -0.15) is 4.98 Å². The number of alkyl carbamates (subject to hydrolysis) is 1. The van der Waals surface area contributed by atoms with Crippen LogP contribution in [0.1, 0.15) is 66.3 Å². The molecule has 38 heavy (non-hydrogen) atoms. The van der Waals surface area contributed by atoms with E-state index in [1.165, 1.54) is 0 Å². The molecule has 1 aliphatic heterocycles. The van der Waals surface area contributed by atoms with E-state index in [2.05, 4.69) is 20.4 Å². The molecule has 11 heteroatoms. The maximum absolute atomic E-state index is 12.6. The highest BCUT2D eigenvalue weighted by Gasteiger charge is 2.35. The zero-order valence-corrected chi connectivity index (χ0v) is 22.4. The zero-order valence-electron chi connectivity index (χ0n) is 22.4. The molecule has 3 aromatic rings. The van der Waals surface area contributed by atoms with Gasteiger partial charge in [-0.1, -0.05) is 23.4 Å². The van der Waals surface area contributed by atoms with Gasteiger partial charge in [-0.25, -0.2) is 9.59 Å². The summed E-state index contributed by atoms with van der Waals surface area (Å²) in [5.41, 5.74) is -0.759. The van der Waals surface area contributed by atoms with Crippen molar-refractivity contribution >= 4 is 28.9 Å². The van der Waals surface area contributed by atoms with Crippen LogP contribution < -0.4 is 5.32 Å². The van der Waals surface area contributed by atoms with Gasteiger partial charge < -0.3 is 24.0 Å². The number of aliphatic imine (C=N–C) groups is 1. The normalized spacial score (nSPS) is 16.5. The molecule has 0 unspecified atom stereocenters. The molecule has 0 spiro atoms. The van der Waals surface area contributed by atoms with E-state index in [-0.39, 0.29) is 11.7 Å². The Kier molecular flexibility index (Phi) is 7.30. The maximum Gasteiger partial charge on any atom is 0.437 e. The van der Waals surface area contributed by atoms with Crippen molar-refractivity contribution in [1.82, 2.24) is 20.4 Å². The first kappa shape index (κ1) is 26.9. The molecule has 11 nitrogen and oxygen atoms in total. The summed E-state index contributed by atoms with van der Waals surface area (Å²) in [7, 11) is 0. The van der Waals surface area contributed by atoms with Gasteiger partial charge in [0, 0.05) is 12.1 Å². The Balaban J connectivity index is 1.61. The summed E-state index contributed by atoms with van der Waals surface area (Å²) in [4.78, 5) is 35.5. The van der Waals surface area contributed by atoms with Crippen molar-refractivity contribution in [1.29, 1.82) is 0 Å². The fourth-order valence-corrected chi connectivity index (χ4v) is 4.07. The molecule has 1 fully saturated rings. The number of aromatic hydroxyl groups is 1. The summed E-state index contributed by atoms with van der Waals surface area (Å²) in [6.45, 7) is 10.9. The number of ether oxygens (including phenoxy) is 2. The van der Waals surface area contributed by atoms with Crippen molar-refractivity contribution < 1.29 is 28.7 Å². The van der Waals surface area contributed by atoms with E-state index in [1.54, 1.807) is 58.6 Å². The zero-order chi connectivity index (χ0) is 27.7. The highest BCUT2D eigenvalue weighted by Crippen LogP contribution is 2.33. The molecule has 1 aliphatic rings. The molecule has 1 saturated heterocycles. The average molecular weight is 524 g/mol. The Morgan fingerprint density at radius 3 is 2.45 bits per heavy atom.